The van der Waals surface area contributed by atoms with Crippen molar-refractivity contribution in [3.63, 3.8) is 0 Å². The monoisotopic (exact) mass is 273 g/mol. The quantitative estimate of drug-likeness (QED) is 0.792. The fourth-order valence-corrected chi connectivity index (χ4v) is 3.19. The Bertz CT molecular complexity index is 394. The van der Waals surface area contributed by atoms with Gasteiger partial charge in [-0.1, -0.05) is 6.92 Å². The Hall–Kier alpha value is -0.580. The van der Waals surface area contributed by atoms with Crippen molar-refractivity contribution < 1.29 is 9.53 Å². The predicted octanol–water partition coefficient (Wildman–Crippen LogP) is 2.39. The van der Waals surface area contributed by atoms with Crippen LogP contribution in [-0.2, 0) is 11.2 Å². The number of hydrogen-bond donors (Lipinski definition) is 0. The highest BCUT2D eigenvalue weighted by atomic mass is 35.5. The molecule has 1 aliphatic heterocycles. The number of rotatable bonds is 3. The Morgan fingerprint density at radius 3 is 3.24 bits per heavy atom. The topological polar surface area (TPSA) is 29.5 Å². The number of morpholine rings is 1. The van der Waals surface area contributed by atoms with Gasteiger partial charge in [-0.2, -0.15) is 0 Å². The van der Waals surface area contributed by atoms with Gasteiger partial charge in [-0.15, -0.1) is 22.9 Å². The lowest BCUT2D eigenvalue weighted by Gasteiger charge is -2.34. The molecule has 2 rings (SSSR count). The van der Waals surface area contributed by atoms with Gasteiger partial charge in [0.05, 0.1) is 24.1 Å². The molecular weight excluding hydrogens is 258 g/mol. The minimum absolute atomic E-state index is 0.00437. The molecule has 1 unspecified atom stereocenters. The van der Waals surface area contributed by atoms with Crippen molar-refractivity contribution in [2.75, 3.05) is 25.6 Å². The fourth-order valence-electron chi connectivity index (χ4n) is 1.98. The van der Waals surface area contributed by atoms with E-state index in [-0.39, 0.29) is 11.9 Å². The van der Waals surface area contributed by atoms with Gasteiger partial charge in [-0.25, -0.2) is 0 Å². The molecule has 1 saturated heterocycles. The Labute approximate surface area is 110 Å². The van der Waals surface area contributed by atoms with Crippen LogP contribution >= 0.6 is 22.9 Å². The molecule has 1 aromatic rings. The molecule has 17 heavy (non-hydrogen) atoms. The van der Waals surface area contributed by atoms with Crippen LogP contribution in [0.25, 0.3) is 0 Å². The first-order chi connectivity index (χ1) is 8.27. The van der Waals surface area contributed by atoms with E-state index < -0.39 is 0 Å². The van der Waals surface area contributed by atoms with Crippen LogP contribution in [0.3, 0.4) is 0 Å². The van der Waals surface area contributed by atoms with E-state index in [4.69, 9.17) is 16.3 Å². The summed E-state index contributed by atoms with van der Waals surface area (Å²) in [5.74, 6) is 0.532. The minimum atomic E-state index is 0.00437. The zero-order valence-corrected chi connectivity index (χ0v) is 11.4. The third-order valence-corrected chi connectivity index (χ3v) is 4.29. The summed E-state index contributed by atoms with van der Waals surface area (Å²) in [5, 5.41) is 1.97. The number of halogens is 1. The largest absolute Gasteiger partial charge is 0.377 e. The smallest absolute Gasteiger partial charge is 0.264 e. The van der Waals surface area contributed by atoms with Gasteiger partial charge in [-0.05, 0) is 23.4 Å². The second-order valence-electron chi connectivity index (χ2n) is 4.01. The fraction of sp³-hybridized carbons (Fsp3) is 0.583. The lowest BCUT2D eigenvalue weighted by atomic mass is 10.1. The molecular formula is C12H16ClNO2S. The van der Waals surface area contributed by atoms with Crippen molar-refractivity contribution in [1.29, 1.82) is 0 Å². The molecule has 0 spiro atoms. The maximum Gasteiger partial charge on any atom is 0.264 e. The maximum absolute atomic E-state index is 12.4. The van der Waals surface area contributed by atoms with E-state index in [1.807, 2.05) is 16.3 Å². The Balaban J connectivity index is 2.18. The van der Waals surface area contributed by atoms with E-state index in [0.29, 0.717) is 25.6 Å². The van der Waals surface area contributed by atoms with Gasteiger partial charge in [0.1, 0.15) is 0 Å². The summed E-state index contributed by atoms with van der Waals surface area (Å²) in [7, 11) is 0. The first-order valence-electron chi connectivity index (χ1n) is 5.79. The third kappa shape index (κ3) is 2.64. The average Bonchev–Trinajstić information content (AvgIpc) is 2.86. The summed E-state index contributed by atoms with van der Waals surface area (Å²) in [6.07, 6.45) is 0.889. The highest BCUT2D eigenvalue weighted by Gasteiger charge is 2.28. The van der Waals surface area contributed by atoms with Crippen LogP contribution in [0.2, 0.25) is 0 Å². The van der Waals surface area contributed by atoms with Gasteiger partial charge < -0.3 is 9.64 Å². The molecule has 1 amide bonds. The Morgan fingerprint density at radius 2 is 2.53 bits per heavy atom. The molecule has 0 N–H and O–H groups in total. The zero-order valence-electron chi connectivity index (χ0n) is 9.82. The summed E-state index contributed by atoms with van der Waals surface area (Å²) < 4.78 is 5.35. The van der Waals surface area contributed by atoms with Crippen LogP contribution in [0.4, 0.5) is 0 Å². The molecule has 1 fully saturated rings. The van der Waals surface area contributed by atoms with Gasteiger partial charge in [0.2, 0.25) is 0 Å². The summed E-state index contributed by atoms with van der Waals surface area (Å²) in [5.41, 5.74) is 1.12. The number of thiophene rings is 1. The molecule has 1 aliphatic rings. The van der Waals surface area contributed by atoms with E-state index in [9.17, 15) is 4.79 Å². The lowest BCUT2D eigenvalue weighted by molar-refractivity contribution is 0.00478. The van der Waals surface area contributed by atoms with Gasteiger partial charge in [-0.3, -0.25) is 4.79 Å². The molecule has 0 saturated carbocycles. The van der Waals surface area contributed by atoms with Crippen molar-refractivity contribution in [1.82, 2.24) is 4.90 Å². The summed E-state index contributed by atoms with van der Waals surface area (Å²) in [4.78, 5) is 15.1. The molecule has 0 aliphatic carbocycles. The molecule has 0 aromatic carbocycles. The number of carbonyl (C=O) groups excluding carboxylic acids is 1. The van der Waals surface area contributed by atoms with Crippen molar-refractivity contribution in [2.24, 2.45) is 0 Å². The van der Waals surface area contributed by atoms with Crippen LogP contribution in [0.1, 0.15) is 22.2 Å². The van der Waals surface area contributed by atoms with Crippen molar-refractivity contribution in [2.45, 2.75) is 19.4 Å². The van der Waals surface area contributed by atoms with Crippen LogP contribution in [-0.4, -0.2) is 42.5 Å². The van der Waals surface area contributed by atoms with Crippen molar-refractivity contribution in [3.05, 3.63) is 21.9 Å². The number of amides is 1. The van der Waals surface area contributed by atoms with Crippen molar-refractivity contribution in [3.8, 4) is 0 Å². The molecule has 1 atom stereocenters. The Kier molecular flexibility index (Phi) is 4.42. The maximum atomic E-state index is 12.4. The molecule has 0 radical (unpaired) electrons. The van der Waals surface area contributed by atoms with Gasteiger partial charge in [0.15, 0.2) is 0 Å². The predicted molar refractivity (Wildman–Crippen MR) is 70.1 cm³/mol. The number of carbonyl (C=O) groups is 1. The third-order valence-electron chi connectivity index (χ3n) is 2.99. The van der Waals surface area contributed by atoms with E-state index in [1.165, 1.54) is 11.3 Å². The second kappa shape index (κ2) is 5.85. The highest BCUT2D eigenvalue weighted by Crippen LogP contribution is 2.22. The van der Waals surface area contributed by atoms with Crippen LogP contribution in [0, 0.1) is 0 Å². The molecule has 5 heteroatoms. The lowest BCUT2D eigenvalue weighted by Crippen LogP contribution is -2.49. The summed E-state index contributed by atoms with van der Waals surface area (Å²) in [6.45, 7) is 3.85. The van der Waals surface area contributed by atoms with Gasteiger partial charge in [0, 0.05) is 12.4 Å². The highest BCUT2D eigenvalue weighted by molar-refractivity contribution is 7.12. The molecule has 3 nitrogen and oxygen atoms in total. The SMILES string of the molecule is CCc1ccsc1C(=O)N1CCOCC1CCl. The molecule has 1 aromatic heterocycles. The number of alkyl halides is 1. The molecule has 2 heterocycles. The van der Waals surface area contributed by atoms with E-state index >= 15 is 0 Å². The van der Waals surface area contributed by atoms with E-state index in [1.54, 1.807) is 0 Å². The van der Waals surface area contributed by atoms with Crippen LogP contribution in [0.15, 0.2) is 11.4 Å². The Morgan fingerprint density at radius 1 is 1.71 bits per heavy atom. The summed E-state index contributed by atoms with van der Waals surface area (Å²) in [6, 6.07) is 2.03. The van der Waals surface area contributed by atoms with Gasteiger partial charge >= 0.3 is 0 Å². The number of nitrogens with zero attached hydrogens (tertiary/aromatic N) is 1. The minimum Gasteiger partial charge on any atom is -0.377 e. The number of ether oxygens (including phenoxy) is 1. The zero-order chi connectivity index (χ0) is 12.3. The normalized spacial score (nSPS) is 20.6. The molecule has 0 bridgehead atoms. The van der Waals surface area contributed by atoms with Crippen LogP contribution in [0.5, 0.6) is 0 Å². The van der Waals surface area contributed by atoms with E-state index in [2.05, 4.69) is 6.92 Å². The second-order valence-corrected chi connectivity index (χ2v) is 5.23. The molecule has 94 valence electrons. The number of hydrogen-bond acceptors (Lipinski definition) is 3. The van der Waals surface area contributed by atoms with Crippen LogP contribution < -0.4 is 0 Å². The first kappa shape index (κ1) is 12.9. The summed E-state index contributed by atoms with van der Waals surface area (Å²) >= 11 is 7.40. The average molecular weight is 274 g/mol. The standard InChI is InChI=1S/C12H16ClNO2S/c1-2-9-3-6-17-11(9)12(15)14-4-5-16-8-10(14)7-13/h3,6,10H,2,4-5,7-8H2,1H3. The van der Waals surface area contributed by atoms with Crippen molar-refractivity contribution >= 4 is 28.8 Å². The number of aryl methyl sites for hydroxylation is 1. The first-order valence-corrected chi connectivity index (χ1v) is 7.20. The van der Waals surface area contributed by atoms with E-state index in [0.717, 1.165) is 16.9 Å². The van der Waals surface area contributed by atoms with Gasteiger partial charge in [0.25, 0.3) is 5.91 Å².